The maximum atomic E-state index is 14.1. The molecule has 5 rings (SSSR count). The van der Waals surface area contributed by atoms with Crippen LogP contribution in [0.1, 0.15) is 81.8 Å². The lowest BCUT2D eigenvalue weighted by molar-refractivity contribution is -0.142. The fourth-order valence-electron chi connectivity index (χ4n) is 11.3. The number of carbonyl (C=O) groups excluding carboxylic acids is 5. The SMILES string of the molecule is O=C(O)CC[C@H](NC(=O)N[C@@H](CCCCNC(=O)Nc1cccc(-c2cnnn2CC(=O)N[C@@H](CCCCNC(=S)Nc2ccc(CC3CN(CC(=O)O)CCN(CC(=O)O)CCN(CC(=O)O)CCN3CC(=O)O)cc2)C(=O)N[C@@H](CCCCNC(=O)Cc2ccc(I)cc2)C(=O)O)c1)C(=O)O)C(=O)O. The maximum Gasteiger partial charge on any atom is 0.326 e. The molecule has 2 heterocycles. The highest BCUT2D eigenvalue weighted by molar-refractivity contribution is 14.1. The second-order valence-electron chi connectivity index (χ2n) is 25.0. The summed E-state index contributed by atoms with van der Waals surface area (Å²) in [5, 5.41) is 109. The summed E-state index contributed by atoms with van der Waals surface area (Å²) in [7, 11) is 0. The molecule has 1 aliphatic rings. The van der Waals surface area contributed by atoms with Crippen LogP contribution in [-0.4, -0.2) is 280 Å². The summed E-state index contributed by atoms with van der Waals surface area (Å²) in [6.45, 7) is -0.578. The van der Waals surface area contributed by atoms with Crippen LogP contribution in [0.4, 0.5) is 21.0 Å². The van der Waals surface area contributed by atoms with E-state index in [1.807, 2.05) is 24.3 Å². The molecule has 1 unspecified atom stereocenters. The summed E-state index contributed by atoms with van der Waals surface area (Å²) in [5.41, 5.74) is 3.19. The number of nitrogens with zero attached hydrogens (tertiary/aromatic N) is 7. The summed E-state index contributed by atoms with van der Waals surface area (Å²) >= 11 is 7.77. The molecule has 0 saturated carbocycles. The first-order valence-corrected chi connectivity index (χ1v) is 35.5. The Morgan fingerprint density at radius 2 is 1.01 bits per heavy atom. The second kappa shape index (κ2) is 45.9. The molecule has 3 aromatic carbocycles. The van der Waals surface area contributed by atoms with E-state index in [1.165, 1.54) is 10.9 Å². The molecule has 106 heavy (non-hydrogen) atoms. The summed E-state index contributed by atoms with van der Waals surface area (Å²) < 4.78 is 2.27. The van der Waals surface area contributed by atoms with Gasteiger partial charge in [0.2, 0.25) is 17.7 Å². The van der Waals surface area contributed by atoms with E-state index >= 15 is 0 Å². The van der Waals surface area contributed by atoms with Gasteiger partial charge in [-0.15, -0.1) is 5.10 Å². The Morgan fingerprint density at radius 3 is 1.58 bits per heavy atom. The zero-order valence-corrected chi connectivity index (χ0v) is 61.0. The Kier molecular flexibility index (Phi) is 37.4. The molecule has 4 aromatic rings. The number of carboxylic acid groups (broad SMARTS) is 8. The zero-order valence-electron chi connectivity index (χ0n) is 58.0. The number of anilines is 2. The number of aromatic nitrogens is 3. The summed E-state index contributed by atoms with van der Waals surface area (Å²) in [4.78, 5) is 167. The number of nitrogens with one attached hydrogen (secondary N) is 9. The van der Waals surface area contributed by atoms with Crippen LogP contribution in [0.15, 0.2) is 79.0 Å². The van der Waals surface area contributed by atoms with E-state index in [9.17, 15) is 98.1 Å². The van der Waals surface area contributed by atoms with Crippen molar-refractivity contribution in [2.75, 3.05) is 102 Å². The summed E-state index contributed by atoms with van der Waals surface area (Å²) in [6.07, 6.45) is 2.53. The molecule has 1 fully saturated rings. The van der Waals surface area contributed by atoms with Crippen LogP contribution in [0.2, 0.25) is 0 Å². The third-order valence-electron chi connectivity index (χ3n) is 16.6. The molecule has 0 radical (unpaired) electrons. The van der Waals surface area contributed by atoms with Crippen molar-refractivity contribution in [2.24, 2.45) is 0 Å². The lowest BCUT2D eigenvalue weighted by Gasteiger charge is -2.37. The van der Waals surface area contributed by atoms with Crippen LogP contribution in [-0.2, 0) is 72.1 Å². The monoisotopic (exact) mass is 1610 g/mol. The second-order valence-corrected chi connectivity index (χ2v) is 26.7. The van der Waals surface area contributed by atoms with Crippen LogP contribution < -0.4 is 47.9 Å². The molecule has 5 atom stereocenters. The van der Waals surface area contributed by atoms with E-state index in [-0.39, 0.29) is 135 Å². The molecular weight excluding hydrogens is 1520 g/mol. The number of hydrogen-bond donors (Lipinski definition) is 17. The average Bonchev–Trinajstić information content (AvgIpc) is 1.60. The fraction of sp³-hybridized carbons (Fsp3) is 0.493. The van der Waals surface area contributed by atoms with Gasteiger partial charge in [-0.05, 0) is 153 Å². The minimum atomic E-state index is -1.58. The number of aliphatic carboxylic acids is 8. The molecule has 0 aliphatic carbocycles. The Bertz CT molecular complexity index is 3650. The van der Waals surface area contributed by atoms with Gasteiger partial charge >= 0.3 is 59.8 Å². The van der Waals surface area contributed by atoms with Gasteiger partial charge in [0.15, 0.2) is 5.11 Å². The molecule has 7 amide bonds. The van der Waals surface area contributed by atoms with Crippen LogP contribution in [0.3, 0.4) is 0 Å². The molecular formula is C67H91IN16O21S. The van der Waals surface area contributed by atoms with E-state index in [0.29, 0.717) is 48.3 Å². The lowest BCUT2D eigenvalue weighted by Crippen LogP contribution is -2.53. The third kappa shape index (κ3) is 34.1. The van der Waals surface area contributed by atoms with Crippen molar-refractivity contribution in [3.05, 3.63) is 93.7 Å². The number of carboxylic acids is 8. The molecule has 17 N–H and O–H groups in total. The van der Waals surface area contributed by atoms with Crippen molar-refractivity contribution in [3.8, 4) is 11.3 Å². The number of urea groups is 2. The van der Waals surface area contributed by atoms with E-state index in [0.717, 1.165) is 14.7 Å². The smallest absolute Gasteiger partial charge is 0.326 e. The minimum Gasteiger partial charge on any atom is -0.481 e. The molecule has 1 aliphatic heterocycles. The first-order chi connectivity index (χ1) is 50.5. The van der Waals surface area contributed by atoms with E-state index in [2.05, 4.69) is 80.8 Å². The Morgan fingerprint density at radius 1 is 0.491 bits per heavy atom. The van der Waals surface area contributed by atoms with Gasteiger partial charge in [0.05, 0.1) is 44.5 Å². The van der Waals surface area contributed by atoms with Crippen molar-refractivity contribution in [1.82, 2.24) is 71.8 Å². The van der Waals surface area contributed by atoms with Crippen molar-refractivity contribution in [2.45, 2.75) is 120 Å². The van der Waals surface area contributed by atoms with Gasteiger partial charge in [-0.25, -0.2) is 28.7 Å². The summed E-state index contributed by atoms with van der Waals surface area (Å²) in [6, 6.07) is 12.9. The first kappa shape index (κ1) is 86.4. The number of rotatable bonds is 43. The van der Waals surface area contributed by atoms with Gasteiger partial charge in [0.25, 0.3) is 0 Å². The van der Waals surface area contributed by atoms with Gasteiger partial charge < -0.3 is 88.7 Å². The average molecular weight is 1620 g/mol. The molecule has 0 spiro atoms. The van der Waals surface area contributed by atoms with Gasteiger partial charge in [0.1, 0.15) is 30.7 Å². The minimum absolute atomic E-state index is 0.00538. The molecule has 578 valence electrons. The predicted octanol–water partition coefficient (Wildman–Crippen LogP) is 1.12. The number of halogens is 1. The Labute approximate surface area is 628 Å². The Balaban J connectivity index is 1.20. The topological polar surface area (TPSA) is 536 Å². The molecule has 1 saturated heterocycles. The number of thiocarbonyl (C=S) groups is 1. The quantitative estimate of drug-likeness (QED) is 0.0168. The van der Waals surface area contributed by atoms with E-state index < -0.39 is 134 Å². The van der Waals surface area contributed by atoms with Gasteiger partial charge in [-0.3, -0.25) is 58.0 Å². The number of carbonyl (C=O) groups is 13. The number of hydrogen-bond acceptors (Lipinski definition) is 20. The molecule has 1 aromatic heterocycles. The standard InChI is InChI=1S/C67H91IN16O21S/c68-45-17-13-43(14-18-45)33-54(85)69-23-4-2-11-50(62(98)99)76-61(97)49(75-55(86)37-84-53(35-72-79-84)44-8-7-9-47(34-44)73-65(104)70-24-5-3-12-51(63(100)101)77-66(105)78-52(64(102)103)21-22-56(87)88)10-1-6-25-71-67(106)74-46-19-15-42(16-20-46)32-48-36-82(40-59(93)94)29-28-80(38-57(89)90)26-27-81(39-58(91)92)30-31-83(48)41-60(95)96/h7-9,13-20,34-35,48-52H,1-6,10-12,21-33,36-41H2,(H,69,85)(H,75,86)(H,76,97)(H,87,88)(H,89,90)(H,91,92)(H,93,94)(H,95,96)(H,98,99)(H,100,101)(H,102,103)(H2,70,73,104)(H2,71,74,106)(H2,77,78,105)/t48?,49-,50-,51-,52-/m0/s1. The van der Waals surface area contributed by atoms with Crippen LogP contribution in [0.25, 0.3) is 11.3 Å². The van der Waals surface area contributed by atoms with E-state index in [1.54, 1.807) is 68.1 Å². The van der Waals surface area contributed by atoms with Crippen molar-refractivity contribution >= 4 is 129 Å². The van der Waals surface area contributed by atoms with Crippen molar-refractivity contribution < 1.29 is 103 Å². The predicted molar refractivity (Wildman–Crippen MR) is 392 cm³/mol. The van der Waals surface area contributed by atoms with Crippen LogP contribution in [0.5, 0.6) is 0 Å². The lowest BCUT2D eigenvalue weighted by atomic mass is 10.0. The zero-order chi connectivity index (χ0) is 77.7. The van der Waals surface area contributed by atoms with Gasteiger partial charge in [-0.1, -0.05) is 41.6 Å². The number of amides is 7. The first-order valence-electron chi connectivity index (χ1n) is 34.0. The van der Waals surface area contributed by atoms with Gasteiger partial charge in [-0.2, -0.15) is 0 Å². The fourth-order valence-corrected chi connectivity index (χ4v) is 11.9. The molecule has 0 bridgehead atoms. The van der Waals surface area contributed by atoms with Crippen LogP contribution in [0, 0.1) is 3.57 Å². The van der Waals surface area contributed by atoms with Gasteiger partial charge in [0, 0.05) is 98.4 Å². The largest absolute Gasteiger partial charge is 0.481 e. The highest BCUT2D eigenvalue weighted by Crippen LogP contribution is 2.23. The van der Waals surface area contributed by atoms with Crippen molar-refractivity contribution in [1.29, 1.82) is 0 Å². The van der Waals surface area contributed by atoms with E-state index in [4.69, 9.17) is 17.3 Å². The van der Waals surface area contributed by atoms with Crippen molar-refractivity contribution in [3.63, 3.8) is 0 Å². The van der Waals surface area contributed by atoms with Crippen LogP contribution >= 0.6 is 34.8 Å². The Hall–Kier alpha value is -10.2. The third-order valence-corrected chi connectivity index (χ3v) is 17.6. The number of benzene rings is 3. The number of unbranched alkanes of at least 4 members (excludes halogenated alkanes) is 3. The normalized spacial score (nSPS) is 15.0. The molecule has 39 heteroatoms. The maximum absolute atomic E-state index is 14.1. The highest BCUT2D eigenvalue weighted by atomic mass is 127. The molecule has 37 nitrogen and oxygen atoms in total. The summed E-state index contributed by atoms with van der Waals surface area (Å²) in [5.74, 6) is -11.8. The highest BCUT2D eigenvalue weighted by Gasteiger charge is 2.31.